The van der Waals surface area contributed by atoms with Crippen LogP contribution in [0.25, 0.3) is 0 Å². The van der Waals surface area contributed by atoms with E-state index in [-0.39, 0.29) is 5.92 Å². The fourth-order valence-corrected chi connectivity index (χ4v) is 4.35. The average molecular weight is 317 g/mol. The van der Waals surface area contributed by atoms with Gasteiger partial charge in [0.15, 0.2) is 0 Å². The zero-order valence-electron chi connectivity index (χ0n) is 14.9. The fourth-order valence-electron chi connectivity index (χ4n) is 4.35. The molecule has 1 saturated carbocycles. The van der Waals surface area contributed by atoms with Crippen molar-refractivity contribution in [2.45, 2.75) is 71.4 Å². The lowest BCUT2D eigenvalue weighted by molar-refractivity contribution is -0.127. The van der Waals surface area contributed by atoms with Crippen molar-refractivity contribution < 1.29 is 4.79 Å². The van der Waals surface area contributed by atoms with Gasteiger partial charge in [-0.25, -0.2) is 0 Å². The Hall–Kier alpha value is -1.16. The van der Waals surface area contributed by atoms with Crippen molar-refractivity contribution in [3.05, 3.63) is 18.0 Å². The average Bonchev–Trinajstić information content (AvgIpc) is 3.01. The Kier molecular flexibility index (Phi) is 5.20. The van der Waals surface area contributed by atoms with Crippen LogP contribution in [0.1, 0.15) is 64.0 Å². The molecule has 0 aromatic carbocycles. The summed E-state index contributed by atoms with van der Waals surface area (Å²) in [5.74, 6) is 1.01. The summed E-state index contributed by atoms with van der Waals surface area (Å²) >= 11 is 0. The molecule has 0 bridgehead atoms. The minimum absolute atomic E-state index is 0.199. The Labute approximate surface area is 140 Å². The number of rotatable bonds is 4. The molecule has 3 rings (SSSR count). The summed E-state index contributed by atoms with van der Waals surface area (Å²) in [5.41, 5.74) is 1.25. The van der Waals surface area contributed by atoms with Crippen LogP contribution in [0.2, 0.25) is 0 Å². The number of hydrogen-bond donors (Lipinski definition) is 0. The normalized spacial score (nSPS) is 27.5. The Morgan fingerprint density at radius 1 is 1.09 bits per heavy atom. The Bertz CT molecular complexity index is 520. The number of ketones is 1. The van der Waals surface area contributed by atoms with Crippen molar-refractivity contribution in [3.8, 4) is 0 Å². The highest BCUT2D eigenvalue weighted by atomic mass is 16.1. The fraction of sp³-hybridized carbons (Fsp3) is 0.789. The van der Waals surface area contributed by atoms with E-state index in [4.69, 9.17) is 0 Å². The topological polar surface area (TPSA) is 38.1 Å². The van der Waals surface area contributed by atoms with Crippen molar-refractivity contribution in [2.24, 2.45) is 11.8 Å². The van der Waals surface area contributed by atoms with E-state index in [0.29, 0.717) is 23.8 Å². The minimum atomic E-state index is 0.199. The van der Waals surface area contributed by atoms with Gasteiger partial charge in [-0.15, -0.1) is 0 Å². The van der Waals surface area contributed by atoms with Gasteiger partial charge in [0, 0.05) is 37.2 Å². The molecule has 0 amide bonds. The van der Waals surface area contributed by atoms with Gasteiger partial charge in [-0.3, -0.25) is 9.48 Å². The lowest BCUT2D eigenvalue weighted by Gasteiger charge is -2.40. The number of hydrogen-bond acceptors (Lipinski definition) is 3. The number of Topliss-reactive ketones (excluding diaryl/α,β-unsaturated/α-hetero) is 1. The van der Waals surface area contributed by atoms with Crippen LogP contribution in [-0.4, -0.2) is 39.6 Å². The third-order valence-electron chi connectivity index (χ3n) is 5.79. The molecule has 1 aliphatic heterocycles. The first-order chi connectivity index (χ1) is 11.0. The van der Waals surface area contributed by atoms with E-state index in [1.807, 2.05) is 20.0 Å². The second-order valence-electron chi connectivity index (χ2n) is 7.83. The summed E-state index contributed by atoms with van der Waals surface area (Å²) in [4.78, 5) is 14.8. The largest absolute Gasteiger partial charge is 0.300 e. The van der Waals surface area contributed by atoms with Crippen LogP contribution in [0.5, 0.6) is 0 Å². The number of carbonyl (C=O) groups excluding carboxylic acids is 1. The van der Waals surface area contributed by atoms with Gasteiger partial charge >= 0.3 is 0 Å². The number of carbonyl (C=O) groups is 1. The van der Waals surface area contributed by atoms with Crippen molar-refractivity contribution in [1.29, 1.82) is 0 Å². The zero-order valence-corrected chi connectivity index (χ0v) is 14.9. The summed E-state index contributed by atoms with van der Waals surface area (Å²) in [5, 5.41) is 4.48. The van der Waals surface area contributed by atoms with Gasteiger partial charge in [0.05, 0.1) is 12.2 Å². The number of likely N-dealkylation sites (tertiary alicyclic amines) is 1. The molecule has 1 aliphatic carbocycles. The number of piperidine rings is 1. The summed E-state index contributed by atoms with van der Waals surface area (Å²) < 4.78 is 2.16. The molecule has 1 aromatic heterocycles. The minimum Gasteiger partial charge on any atom is -0.300 e. The van der Waals surface area contributed by atoms with Crippen LogP contribution in [0.4, 0.5) is 0 Å². The molecule has 0 atom stereocenters. The van der Waals surface area contributed by atoms with Gasteiger partial charge < -0.3 is 4.90 Å². The monoisotopic (exact) mass is 317 g/mol. The van der Waals surface area contributed by atoms with Crippen LogP contribution in [-0.2, 0) is 4.79 Å². The smallest absolute Gasteiger partial charge is 0.138 e. The van der Waals surface area contributed by atoms with Crippen molar-refractivity contribution in [3.63, 3.8) is 0 Å². The predicted molar refractivity (Wildman–Crippen MR) is 92.4 cm³/mol. The number of aromatic nitrogens is 2. The van der Waals surface area contributed by atoms with E-state index >= 15 is 0 Å². The SMILES string of the molecule is Cc1cnn(C2CCN(C3CCC(C(=O)C(C)C)CC3)CC2)c1. The third kappa shape index (κ3) is 3.85. The second-order valence-corrected chi connectivity index (χ2v) is 7.83. The molecule has 2 fully saturated rings. The van der Waals surface area contributed by atoms with E-state index in [9.17, 15) is 4.79 Å². The van der Waals surface area contributed by atoms with Gasteiger partial charge in [-0.1, -0.05) is 13.8 Å². The molecule has 2 heterocycles. The van der Waals surface area contributed by atoms with Gasteiger partial charge in [-0.05, 0) is 51.0 Å². The summed E-state index contributed by atoms with van der Waals surface area (Å²) in [6.45, 7) is 8.54. The van der Waals surface area contributed by atoms with Crippen molar-refractivity contribution in [1.82, 2.24) is 14.7 Å². The molecule has 128 valence electrons. The maximum absolute atomic E-state index is 12.2. The van der Waals surface area contributed by atoms with Gasteiger partial charge in [0.2, 0.25) is 0 Å². The molecule has 1 saturated heterocycles. The molecule has 2 aliphatic rings. The van der Waals surface area contributed by atoms with Crippen LogP contribution in [0.15, 0.2) is 12.4 Å². The van der Waals surface area contributed by atoms with E-state index in [1.54, 1.807) is 0 Å². The van der Waals surface area contributed by atoms with Gasteiger partial charge in [0.1, 0.15) is 5.78 Å². The molecular formula is C19H31N3O. The molecule has 0 radical (unpaired) electrons. The van der Waals surface area contributed by atoms with Crippen LogP contribution in [0.3, 0.4) is 0 Å². The highest BCUT2D eigenvalue weighted by molar-refractivity contribution is 5.82. The molecule has 0 spiro atoms. The van der Waals surface area contributed by atoms with Gasteiger partial charge in [-0.2, -0.15) is 5.10 Å². The van der Waals surface area contributed by atoms with E-state index in [0.717, 1.165) is 12.8 Å². The lowest BCUT2D eigenvalue weighted by atomic mass is 9.79. The summed E-state index contributed by atoms with van der Waals surface area (Å²) in [6, 6.07) is 1.27. The van der Waals surface area contributed by atoms with Crippen LogP contribution >= 0.6 is 0 Å². The summed E-state index contributed by atoms with van der Waals surface area (Å²) in [7, 11) is 0. The summed E-state index contributed by atoms with van der Waals surface area (Å²) in [6.07, 6.45) is 11.1. The first kappa shape index (κ1) is 16.7. The van der Waals surface area contributed by atoms with Crippen LogP contribution < -0.4 is 0 Å². The molecule has 4 nitrogen and oxygen atoms in total. The quantitative estimate of drug-likeness (QED) is 0.851. The highest BCUT2D eigenvalue weighted by Crippen LogP contribution is 2.32. The zero-order chi connectivity index (χ0) is 16.4. The third-order valence-corrected chi connectivity index (χ3v) is 5.79. The second kappa shape index (κ2) is 7.16. The molecule has 4 heteroatoms. The molecule has 0 unspecified atom stereocenters. The van der Waals surface area contributed by atoms with E-state index < -0.39 is 0 Å². The molecular weight excluding hydrogens is 286 g/mol. The maximum Gasteiger partial charge on any atom is 0.138 e. The van der Waals surface area contributed by atoms with Crippen molar-refractivity contribution >= 4 is 5.78 Å². The Balaban J connectivity index is 1.47. The predicted octanol–water partition coefficient (Wildman–Crippen LogP) is 3.61. The van der Waals surface area contributed by atoms with Crippen LogP contribution in [0, 0.1) is 18.8 Å². The molecule has 0 N–H and O–H groups in total. The first-order valence-corrected chi connectivity index (χ1v) is 9.33. The van der Waals surface area contributed by atoms with E-state index in [2.05, 4.69) is 27.8 Å². The number of aryl methyl sites for hydroxylation is 1. The lowest BCUT2D eigenvalue weighted by Crippen LogP contribution is -2.44. The van der Waals surface area contributed by atoms with E-state index in [1.165, 1.54) is 44.3 Å². The maximum atomic E-state index is 12.2. The number of nitrogens with zero attached hydrogens (tertiary/aromatic N) is 3. The Morgan fingerprint density at radius 3 is 2.26 bits per heavy atom. The highest BCUT2D eigenvalue weighted by Gasteiger charge is 2.32. The molecule has 1 aromatic rings. The molecule has 23 heavy (non-hydrogen) atoms. The standard InChI is InChI=1S/C19H31N3O/c1-14(2)19(23)16-4-6-17(7-5-16)21-10-8-18(9-11-21)22-13-15(3)12-20-22/h12-14,16-18H,4-11H2,1-3H3. The Morgan fingerprint density at radius 2 is 1.74 bits per heavy atom. The van der Waals surface area contributed by atoms with Gasteiger partial charge in [0.25, 0.3) is 0 Å². The van der Waals surface area contributed by atoms with Crippen molar-refractivity contribution in [2.75, 3.05) is 13.1 Å². The first-order valence-electron chi connectivity index (χ1n) is 9.33.